The first-order valence-corrected chi connectivity index (χ1v) is 6.50. The maximum absolute atomic E-state index is 12.0. The number of carbonyl (C=O) groups excluding carboxylic acids is 1. The highest BCUT2D eigenvalue weighted by atomic mass is 35.5. The summed E-state index contributed by atoms with van der Waals surface area (Å²) in [6.07, 6.45) is 1.44. The lowest BCUT2D eigenvalue weighted by Gasteiger charge is -2.15. The molecule has 1 aromatic carbocycles. The number of carbonyl (C=O) groups is 1. The van der Waals surface area contributed by atoms with Gasteiger partial charge in [0.25, 0.3) is 5.91 Å². The Hall–Kier alpha value is -1.58. The quantitative estimate of drug-likeness (QED) is 0.873. The molecule has 0 aliphatic carbocycles. The molecular formula is C14H12Cl2N2O. The van der Waals surface area contributed by atoms with Crippen molar-refractivity contribution in [1.29, 1.82) is 0 Å². The number of benzene rings is 1. The first kappa shape index (κ1) is 13.8. The first-order chi connectivity index (χ1) is 9.08. The molecule has 1 aromatic heterocycles. The van der Waals surface area contributed by atoms with Gasteiger partial charge < -0.3 is 5.32 Å². The summed E-state index contributed by atoms with van der Waals surface area (Å²) in [4.78, 5) is 15.9. The average molecular weight is 295 g/mol. The van der Waals surface area contributed by atoms with E-state index in [0.29, 0.717) is 15.7 Å². The van der Waals surface area contributed by atoms with Crippen LogP contribution in [0.25, 0.3) is 0 Å². The van der Waals surface area contributed by atoms with Gasteiger partial charge in [0, 0.05) is 11.2 Å². The molecule has 1 N–H and O–H groups in total. The van der Waals surface area contributed by atoms with Crippen LogP contribution in [0.2, 0.25) is 10.2 Å². The Morgan fingerprint density at radius 1 is 1.21 bits per heavy atom. The summed E-state index contributed by atoms with van der Waals surface area (Å²) < 4.78 is 0. The van der Waals surface area contributed by atoms with E-state index in [4.69, 9.17) is 23.2 Å². The molecule has 0 saturated heterocycles. The number of rotatable bonds is 3. The molecule has 0 spiro atoms. The number of halogens is 2. The highest BCUT2D eigenvalue weighted by Crippen LogP contribution is 2.22. The van der Waals surface area contributed by atoms with E-state index in [1.165, 1.54) is 6.20 Å². The standard InChI is InChI=1S/C14H12Cl2N2O/c1-9(11-4-2-3-5-12(11)15)18-14(19)10-6-7-13(16)17-8-10/h2-9H,1H3,(H,18,19). The monoisotopic (exact) mass is 294 g/mol. The van der Waals surface area contributed by atoms with Crippen molar-refractivity contribution in [2.45, 2.75) is 13.0 Å². The summed E-state index contributed by atoms with van der Waals surface area (Å²) in [6, 6.07) is 10.4. The normalized spacial score (nSPS) is 11.9. The van der Waals surface area contributed by atoms with Gasteiger partial charge in [-0.2, -0.15) is 0 Å². The van der Waals surface area contributed by atoms with Crippen LogP contribution >= 0.6 is 23.2 Å². The van der Waals surface area contributed by atoms with Crippen molar-refractivity contribution in [2.24, 2.45) is 0 Å². The average Bonchev–Trinajstić information content (AvgIpc) is 2.39. The number of pyridine rings is 1. The summed E-state index contributed by atoms with van der Waals surface area (Å²) in [5, 5.41) is 3.85. The minimum absolute atomic E-state index is 0.183. The fourth-order valence-electron chi connectivity index (χ4n) is 1.69. The largest absolute Gasteiger partial charge is 0.345 e. The van der Waals surface area contributed by atoms with Gasteiger partial charge in [0.2, 0.25) is 0 Å². The van der Waals surface area contributed by atoms with Crippen LogP contribution in [-0.4, -0.2) is 10.9 Å². The molecule has 0 fully saturated rings. The first-order valence-electron chi connectivity index (χ1n) is 5.75. The van der Waals surface area contributed by atoms with E-state index < -0.39 is 0 Å². The Morgan fingerprint density at radius 2 is 1.95 bits per heavy atom. The number of nitrogens with zero attached hydrogens (tertiary/aromatic N) is 1. The molecule has 19 heavy (non-hydrogen) atoms. The van der Waals surface area contributed by atoms with E-state index in [1.54, 1.807) is 18.2 Å². The molecule has 2 rings (SSSR count). The predicted octanol–water partition coefficient (Wildman–Crippen LogP) is 3.88. The van der Waals surface area contributed by atoms with E-state index in [1.807, 2.05) is 25.1 Å². The van der Waals surface area contributed by atoms with E-state index in [9.17, 15) is 4.79 Å². The molecule has 0 aliphatic heterocycles. The minimum Gasteiger partial charge on any atom is -0.345 e. The Balaban J connectivity index is 2.11. The molecule has 2 aromatic rings. The highest BCUT2D eigenvalue weighted by molar-refractivity contribution is 6.31. The van der Waals surface area contributed by atoms with Crippen LogP contribution in [0.3, 0.4) is 0 Å². The van der Waals surface area contributed by atoms with Crippen molar-refractivity contribution >= 4 is 29.1 Å². The fraction of sp³-hybridized carbons (Fsp3) is 0.143. The van der Waals surface area contributed by atoms with Gasteiger partial charge in [-0.3, -0.25) is 4.79 Å². The van der Waals surface area contributed by atoms with Crippen molar-refractivity contribution in [3.8, 4) is 0 Å². The minimum atomic E-state index is -0.211. The molecule has 0 radical (unpaired) electrons. The zero-order chi connectivity index (χ0) is 13.8. The Kier molecular flexibility index (Phi) is 4.40. The summed E-state index contributed by atoms with van der Waals surface area (Å²) in [5.74, 6) is -0.211. The second kappa shape index (κ2) is 6.04. The Labute approximate surface area is 121 Å². The number of hydrogen-bond acceptors (Lipinski definition) is 2. The van der Waals surface area contributed by atoms with Crippen molar-refractivity contribution in [1.82, 2.24) is 10.3 Å². The van der Waals surface area contributed by atoms with Gasteiger partial charge in [-0.25, -0.2) is 4.98 Å². The zero-order valence-corrected chi connectivity index (χ0v) is 11.7. The summed E-state index contributed by atoms with van der Waals surface area (Å²) in [6.45, 7) is 1.88. The molecule has 98 valence electrons. The summed E-state index contributed by atoms with van der Waals surface area (Å²) >= 11 is 11.8. The molecule has 5 heteroatoms. The summed E-state index contributed by atoms with van der Waals surface area (Å²) in [5.41, 5.74) is 1.34. The molecule has 0 bridgehead atoms. The van der Waals surface area contributed by atoms with Gasteiger partial charge >= 0.3 is 0 Å². The molecule has 1 unspecified atom stereocenters. The number of aromatic nitrogens is 1. The molecule has 1 atom stereocenters. The van der Waals surface area contributed by atoms with Crippen LogP contribution in [0.4, 0.5) is 0 Å². The fourth-order valence-corrected chi connectivity index (χ4v) is 2.11. The SMILES string of the molecule is CC(NC(=O)c1ccc(Cl)nc1)c1ccccc1Cl. The van der Waals surface area contributed by atoms with E-state index in [2.05, 4.69) is 10.3 Å². The lowest BCUT2D eigenvalue weighted by Crippen LogP contribution is -2.26. The zero-order valence-electron chi connectivity index (χ0n) is 10.2. The van der Waals surface area contributed by atoms with E-state index in [-0.39, 0.29) is 11.9 Å². The van der Waals surface area contributed by atoms with Crippen LogP contribution in [0.1, 0.15) is 28.9 Å². The molecule has 0 saturated carbocycles. The van der Waals surface area contributed by atoms with E-state index >= 15 is 0 Å². The molecule has 0 aliphatic rings. The Morgan fingerprint density at radius 3 is 2.58 bits per heavy atom. The molecule has 3 nitrogen and oxygen atoms in total. The highest BCUT2D eigenvalue weighted by Gasteiger charge is 2.13. The lowest BCUT2D eigenvalue weighted by atomic mass is 10.1. The number of hydrogen-bond donors (Lipinski definition) is 1. The third kappa shape index (κ3) is 3.46. The maximum atomic E-state index is 12.0. The third-order valence-corrected chi connectivity index (χ3v) is 3.28. The van der Waals surface area contributed by atoms with Crippen LogP contribution < -0.4 is 5.32 Å². The van der Waals surface area contributed by atoms with Crippen LogP contribution in [-0.2, 0) is 0 Å². The molecular weight excluding hydrogens is 283 g/mol. The van der Waals surface area contributed by atoms with Crippen molar-refractivity contribution < 1.29 is 4.79 Å². The van der Waals surface area contributed by atoms with Crippen LogP contribution in [0.5, 0.6) is 0 Å². The van der Waals surface area contributed by atoms with Gasteiger partial charge in [0.15, 0.2) is 0 Å². The topological polar surface area (TPSA) is 42.0 Å². The molecule has 1 heterocycles. The summed E-state index contributed by atoms with van der Waals surface area (Å²) in [7, 11) is 0. The number of amides is 1. The van der Waals surface area contributed by atoms with Crippen LogP contribution in [0, 0.1) is 0 Å². The Bertz CT molecular complexity index is 584. The van der Waals surface area contributed by atoms with Crippen molar-refractivity contribution in [2.75, 3.05) is 0 Å². The van der Waals surface area contributed by atoms with Crippen LogP contribution in [0.15, 0.2) is 42.6 Å². The molecule has 1 amide bonds. The number of nitrogens with one attached hydrogen (secondary N) is 1. The van der Waals surface area contributed by atoms with Gasteiger partial charge in [-0.15, -0.1) is 0 Å². The van der Waals surface area contributed by atoms with Crippen molar-refractivity contribution in [3.63, 3.8) is 0 Å². The van der Waals surface area contributed by atoms with E-state index in [0.717, 1.165) is 5.56 Å². The second-order valence-electron chi connectivity index (χ2n) is 4.09. The maximum Gasteiger partial charge on any atom is 0.253 e. The lowest BCUT2D eigenvalue weighted by molar-refractivity contribution is 0.0939. The van der Waals surface area contributed by atoms with Gasteiger partial charge in [-0.1, -0.05) is 41.4 Å². The van der Waals surface area contributed by atoms with Crippen molar-refractivity contribution in [3.05, 3.63) is 63.9 Å². The predicted molar refractivity (Wildman–Crippen MR) is 76.6 cm³/mol. The van der Waals surface area contributed by atoms with Gasteiger partial charge in [0.1, 0.15) is 5.15 Å². The second-order valence-corrected chi connectivity index (χ2v) is 4.88. The smallest absolute Gasteiger partial charge is 0.253 e. The third-order valence-electron chi connectivity index (χ3n) is 2.71. The van der Waals surface area contributed by atoms with Gasteiger partial charge in [-0.05, 0) is 30.7 Å². The van der Waals surface area contributed by atoms with Gasteiger partial charge in [0.05, 0.1) is 11.6 Å².